The van der Waals surface area contributed by atoms with Gasteiger partial charge in [-0.25, -0.2) is 0 Å². The molecule has 4 nitrogen and oxygen atoms in total. The number of para-hydroxylation sites is 1. The number of ether oxygens (including phenoxy) is 1. The molecule has 3 aromatic rings. The molecule has 1 aliphatic rings. The molecule has 184 valence electrons. The molecule has 0 bridgehead atoms. The van der Waals surface area contributed by atoms with E-state index in [9.17, 15) is 9.90 Å². The molecule has 0 heterocycles. The summed E-state index contributed by atoms with van der Waals surface area (Å²) in [5, 5.41) is 14.3. The number of nitrogens with one attached hydrogen (secondary N) is 1. The smallest absolute Gasteiger partial charge is 0.166 e. The molecule has 0 amide bonds. The van der Waals surface area contributed by atoms with E-state index in [1.54, 1.807) is 0 Å². The molecular formula is C31H37NO3. The molecule has 0 spiro atoms. The number of hydrogen-bond donors (Lipinski definition) is 2. The number of aliphatic hydroxyl groups excluding tert-OH is 1. The van der Waals surface area contributed by atoms with Crippen LogP contribution in [-0.4, -0.2) is 30.1 Å². The maximum Gasteiger partial charge on any atom is 0.166 e. The molecule has 0 aromatic heterocycles. The number of carbonyl (C=O) groups is 1. The fraction of sp³-hybridized carbons (Fsp3) is 0.387. The maximum absolute atomic E-state index is 12.9. The molecule has 0 saturated heterocycles. The SMILES string of the molecule is O=C(CCc1ccccc1)c1ccccc1OCC(O)CNC(c1ccccc1)C1CCCCC1. The van der Waals surface area contributed by atoms with Crippen molar-refractivity contribution in [1.29, 1.82) is 0 Å². The minimum absolute atomic E-state index is 0.0542. The van der Waals surface area contributed by atoms with Gasteiger partial charge in [0.25, 0.3) is 0 Å². The van der Waals surface area contributed by atoms with Crippen LogP contribution in [0, 0.1) is 5.92 Å². The summed E-state index contributed by atoms with van der Waals surface area (Å²) < 4.78 is 5.94. The van der Waals surface area contributed by atoms with Crippen LogP contribution < -0.4 is 10.1 Å². The van der Waals surface area contributed by atoms with E-state index in [-0.39, 0.29) is 18.4 Å². The van der Waals surface area contributed by atoms with Gasteiger partial charge in [-0.3, -0.25) is 4.79 Å². The number of hydrogen-bond acceptors (Lipinski definition) is 4. The van der Waals surface area contributed by atoms with E-state index in [2.05, 4.69) is 29.6 Å². The van der Waals surface area contributed by atoms with Gasteiger partial charge in [0.1, 0.15) is 18.5 Å². The molecule has 2 atom stereocenters. The lowest BCUT2D eigenvalue weighted by molar-refractivity contribution is 0.0928. The number of benzene rings is 3. The second-order valence-corrected chi connectivity index (χ2v) is 9.56. The van der Waals surface area contributed by atoms with Crippen LogP contribution in [0.3, 0.4) is 0 Å². The first kappa shape index (κ1) is 25.2. The third-order valence-corrected chi connectivity index (χ3v) is 6.96. The van der Waals surface area contributed by atoms with Gasteiger partial charge < -0.3 is 15.2 Å². The highest BCUT2D eigenvalue weighted by molar-refractivity contribution is 5.98. The molecule has 1 saturated carbocycles. The van der Waals surface area contributed by atoms with Gasteiger partial charge in [0.05, 0.1) is 5.56 Å². The summed E-state index contributed by atoms with van der Waals surface area (Å²) in [4.78, 5) is 12.9. The van der Waals surface area contributed by atoms with Crippen molar-refractivity contribution in [3.8, 4) is 5.75 Å². The van der Waals surface area contributed by atoms with Crippen molar-refractivity contribution in [2.75, 3.05) is 13.2 Å². The van der Waals surface area contributed by atoms with Crippen molar-refractivity contribution in [3.63, 3.8) is 0 Å². The summed E-state index contributed by atoms with van der Waals surface area (Å²) in [6, 6.07) is 28.2. The number of rotatable bonds is 12. The van der Waals surface area contributed by atoms with Crippen molar-refractivity contribution in [3.05, 3.63) is 102 Å². The zero-order chi connectivity index (χ0) is 24.3. The quantitative estimate of drug-likeness (QED) is 0.311. The van der Waals surface area contributed by atoms with Crippen molar-refractivity contribution in [2.24, 2.45) is 5.92 Å². The normalized spacial score (nSPS) is 15.9. The van der Waals surface area contributed by atoms with Crippen molar-refractivity contribution in [2.45, 2.75) is 57.1 Å². The molecule has 2 unspecified atom stereocenters. The van der Waals surface area contributed by atoms with Crippen LogP contribution in [-0.2, 0) is 6.42 Å². The van der Waals surface area contributed by atoms with E-state index < -0.39 is 6.10 Å². The molecule has 0 radical (unpaired) electrons. The van der Waals surface area contributed by atoms with Gasteiger partial charge in [0.15, 0.2) is 5.78 Å². The van der Waals surface area contributed by atoms with Crippen LogP contribution in [0.25, 0.3) is 0 Å². The lowest BCUT2D eigenvalue weighted by atomic mass is 9.81. The van der Waals surface area contributed by atoms with Gasteiger partial charge in [-0.15, -0.1) is 0 Å². The Kier molecular flexibility index (Phi) is 9.50. The Bertz CT molecular complexity index is 1030. The van der Waals surface area contributed by atoms with Crippen LogP contribution >= 0.6 is 0 Å². The van der Waals surface area contributed by atoms with E-state index in [4.69, 9.17) is 4.74 Å². The summed E-state index contributed by atoms with van der Waals surface area (Å²) in [6.45, 7) is 0.586. The van der Waals surface area contributed by atoms with Gasteiger partial charge in [-0.2, -0.15) is 0 Å². The molecule has 0 aliphatic heterocycles. The first-order chi connectivity index (χ1) is 17.2. The van der Waals surface area contributed by atoms with E-state index in [0.717, 1.165) is 5.56 Å². The van der Waals surface area contributed by atoms with Crippen LogP contribution in [0.4, 0.5) is 0 Å². The highest BCUT2D eigenvalue weighted by Crippen LogP contribution is 2.34. The Balaban J connectivity index is 1.31. The first-order valence-electron chi connectivity index (χ1n) is 13.0. The second-order valence-electron chi connectivity index (χ2n) is 9.56. The van der Waals surface area contributed by atoms with E-state index in [1.165, 1.54) is 37.7 Å². The third-order valence-electron chi connectivity index (χ3n) is 6.96. The summed E-state index contributed by atoms with van der Waals surface area (Å²) in [5.74, 6) is 1.18. The fourth-order valence-electron chi connectivity index (χ4n) is 5.05. The standard InChI is InChI=1S/C31H37NO3/c33-27(22-32-31(25-14-6-2-7-15-25)26-16-8-3-9-17-26)23-35-30-19-11-10-18-28(30)29(34)21-20-24-12-4-1-5-13-24/h1-2,4-7,10-15,18-19,26-27,31-33H,3,8-9,16-17,20-23H2. The zero-order valence-electron chi connectivity index (χ0n) is 20.4. The number of aliphatic hydroxyl groups is 1. The lowest BCUT2D eigenvalue weighted by Gasteiger charge is -2.32. The summed E-state index contributed by atoms with van der Waals surface area (Å²) in [5.41, 5.74) is 3.00. The molecule has 4 heteroatoms. The van der Waals surface area contributed by atoms with Gasteiger partial charge in [-0.05, 0) is 48.4 Å². The predicted octanol–water partition coefficient (Wildman–Crippen LogP) is 6.15. The van der Waals surface area contributed by atoms with Crippen LogP contribution in [0.2, 0.25) is 0 Å². The monoisotopic (exact) mass is 471 g/mol. The molecule has 2 N–H and O–H groups in total. The molecule has 4 rings (SSSR count). The number of Topliss-reactive ketones (excluding diaryl/α,β-unsaturated/α-hetero) is 1. The fourth-order valence-corrected chi connectivity index (χ4v) is 5.05. The van der Waals surface area contributed by atoms with Crippen LogP contribution in [0.15, 0.2) is 84.9 Å². The number of ketones is 1. The van der Waals surface area contributed by atoms with E-state index in [1.807, 2.05) is 60.7 Å². The van der Waals surface area contributed by atoms with Crippen LogP contribution in [0.5, 0.6) is 5.75 Å². The zero-order valence-corrected chi connectivity index (χ0v) is 20.4. The van der Waals surface area contributed by atoms with Gasteiger partial charge in [0.2, 0.25) is 0 Å². The Morgan fingerprint density at radius 3 is 2.29 bits per heavy atom. The van der Waals surface area contributed by atoms with Crippen molar-refractivity contribution in [1.82, 2.24) is 5.32 Å². The van der Waals surface area contributed by atoms with Gasteiger partial charge in [-0.1, -0.05) is 92.1 Å². The highest BCUT2D eigenvalue weighted by atomic mass is 16.5. The second kappa shape index (κ2) is 13.2. The van der Waals surface area contributed by atoms with Crippen molar-refractivity contribution < 1.29 is 14.6 Å². The number of carbonyl (C=O) groups excluding carboxylic acids is 1. The van der Waals surface area contributed by atoms with Crippen molar-refractivity contribution >= 4 is 5.78 Å². The lowest BCUT2D eigenvalue weighted by Crippen LogP contribution is -2.37. The van der Waals surface area contributed by atoms with E-state index >= 15 is 0 Å². The molecule has 1 fully saturated rings. The Labute approximate surface area is 209 Å². The summed E-state index contributed by atoms with van der Waals surface area (Å²) in [7, 11) is 0. The predicted molar refractivity (Wildman–Crippen MR) is 141 cm³/mol. The Hall–Kier alpha value is -2.95. The summed E-state index contributed by atoms with van der Waals surface area (Å²) >= 11 is 0. The third kappa shape index (κ3) is 7.51. The molecule has 35 heavy (non-hydrogen) atoms. The highest BCUT2D eigenvalue weighted by Gasteiger charge is 2.25. The minimum atomic E-state index is -0.669. The van der Waals surface area contributed by atoms with Gasteiger partial charge >= 0.3 is 0 Å². The maximum atomic E-state index is 12.9. The van der Waals surface area contributed by atoms with Gasteiger partial charge in [0, 0.05) is 19.0 Å². The molecular weight excluding hydrogens is 434 g/mol. The molecule has 3 aromatic carbocycles. The average molecular weight is 472 g/mol. The Morgan fingerprint density at radius 2 is 1.54 bits per heavy atom. The topological polar surface area (TPSA) is 58.6 Å². The van der Waals surface area contributed by atoms with Crippen LogP contribution in [0.1, 0.15) is 66.1 Å². The molecule has 1 aliphatic carbocycles. The summed E-state index contributed by atoms with van der Waals surface area (Å²) in [6.07, 6.45) is 6.76. The van der Waals surface area contributed by atoms with E-state index in [0.29, 0.717) is 36.6 Å². The average Bonchev–Trinajstić information content (AvgIpc) is 2.92. The Morgan fingerprint density at radius 1 is 0.886 bits per heavy atom. The number of aryl methyl sites for hydroxylation is 1. The minimum Gasteiger partial charge on any atom is -0.490 e. The largest absolute Gasteiger partial charge is 0.490 e. The first-order valence-corrected chi connectivity index (χ1v) is 13.0.